The van der Waals surface area contributed by atoms with Crippen LogP contribution in [-0.4, -0.2) is 34.6 Å². The van der Waals surface area contributed by atoms with E-state index in [1.165, 1.54) is 12.8 Å². The van der Waals surface area contributed by atoms with E-state index in [1.54, 1.807) is 6.08 Å². The number of aromatic nitrogens is 3. The van der Waals surface area contributed by atoms with Gasteiger partial charge in [-0.25, -0.2) is 0 Å². The van der Waals surface area contributed by atoms with Crippen LogP contribution < -0.4 is 15.5 Å². The van der Waals surface area contributed by atoms with Crippen molar-refractivity contribution in [1.82, 2.24) is 15.0 Å². The molecule has 120 valence electrons. The molecule has 2 aromatic rings. The lowest BCUT2D eigenvalue weighted by molar-refractivity contribution is 0.883. The van der Waals surface area contributed by atoms with Crippen LogP contribution in [0, 0.1) is 0 Å². The molecular weight excluding hydrogens is 312 g/mol. The van der Waals surface area contributed by atoms with Gasteiger partial charge in [0.1, 0.15) is 0 Å². The Hall–Kier alpha value is -2.34. The minimum absolute atomic E-state index is 0.510. The van der Waals surface area contributed by atoms with Gasteiger partial charge >= 0.3 is 0 Å². The van der Waals surface area contributed by atoms with Gasteiger partial charge in [-0.3, -0.25) is 0 Å². The van der Waals surface area contributed by atoms with E-state index in [-0.39, 0.29) is 0 Å². The highest BCUT2D eigenvalue weighted by atomic mass is 35.5. The molecule has 2 N–H and O–H groups in total. The van der Waals surface area contributed by atoms with E-state index in [0.29, 0.717) is 29.4 Å². The second kappa shape index (κ2) is 7.28. The van der Waals surface area contributed by atoms with Crippen LogP contribution in [0.2, 0.25) is 5.02 Å². The van der Waals surface area contributed by atoms with Gasteiger partial charge in [0.05, 0.1) is 0 Å². The highest BCUT2D eigenvalue weighted by Gasteiger charge is 2.17. The maximum Gasteiger partial charge on any atom is 0.233 e. The van der Waals surface area contributed by atoms with Crippen molar-refractivity contribution in [2.75, 3.05) is 35.2 Å². The average molecular weight is 331 g/mol. The fourth-order valence-corrected chi connectivity index (χ4v) is 2.51. The van der Waals surface area contributed by atoms with Crippen molar-refractivity contribution in [3.63, 3.8) is 0 Å². The first-order valence-corrected chi connectivity index (χ1v) is 8.01. The van der Waals surface area contributed by atoms with Gasteiger partial charge in [0.2, 0.25) is 17.8 Å². The molecule has 1 aromatic heterocycles. The fraction of sp³-hybridized carbons (Fsp3) is 0.312. The maximum absolute atomic E-state index is 5.91. The molecule has 0 bridgehead atoms. The largest absolute Gasteiger partial charge is 0.351 e. The minimum atomic E-state index is 0.510. The van der Waals surface area contributed by atoms with Gasteiger partial charge in [-0.1, -0.05) is 17.7 Å². The van der Waals surface area contributed by atoms with Crippen LogP contribution in [-0.2, 0) is 0 Å². The highest BCUT2D eigenvalue weighted by Crippen LogP contribution is 2.21. The van der Waals surface area contributed by atoms with Gasteiger partial charge < -0.3 is 15.5 Å². The van der Waals surface area contributed by atoms with E-state index in [9.17, 15) is 0 Å². The van der Waals surface area contributed by atoms with Crippen LogP contribution >= 0.6 is 11.6 Å². The summed E-state index contributed by atoms with van der Waals surface area (Å²) < 4.78 is 0. The molecule has 3 rings (SSSR count). The summed E-state index contributed by atoms with van der Waals surface area (Å²) in [7, 11) is 0. The van der Waals surface area contributed by atoms with Crippen molar-refractivity contribution in [2.45, 2.75) is 12.8 Å². The Morgan fingerprint density at radius 3 is 2.48 bits per heavy atom. The smallest absolute Gasteiger partial charge is 0.233 e. The first kappa shape index (κ1) is 15.6. The van der Waals surface area contributed by atoms with Crippen molar-refractivity contribution in [3.8, 4) is 0 Å². The Balaban J connectivity index is 1.85. The molecule has 6 nitrogen and oxygen atoms in total. The number of anilines is 4. The topological polar surface area (TPSA) is 66.0 Å². The summed E-state index contributed by atoms with van der Waals surface area (Å²) in [5, 5.41) is 7.02. The first-order chi connectivity index (χ1) is 11.2. The molecule has 0 unspecified atom stereocenters. The van der Waals surface area contributed by atoms with Crippen molar-refractivity contribution in [2.24, 2.45) is 0 Å². The zero-order valence-corrected chi connectivity index (χ0v) is 13.6. The molecule has 0 amide bonds. The van der Waals surface area contributed by atoms with Gasteiger partial charge in [0, 0.05) is 30.3 Å². The number of halogens is 1. The molecule has 1 fully saturated rings. The molecular formula is C16H19ClN6. The summed E-state index contributed by atoms with van der Waals surface area (Å²) in [6.45, 7) is 6.26. The number of benzene rings is 1. The van der Waals surface area contributed by atoms with Gasteiger partial charge in [0.15, 0.2) is 0 Å². The van der Waals surface area contributed by atoms with E-state index in [4.69, 9.17) is 11.6 Å². The second-order valence-corrected chi connectivity index (χ2v) is 5.71. The summed E-state index contributed by atoms with van der Waals surface area (Å²) in [5.74, 6) is 1.74. The molecule has 1 aliphatic heterocycles. The van der Waals surface area contributed by atoms with Gasteiger partial charge in [0.25, 0.3) is 0 Å². The summed E-state index contributed by atoms with van der Waals surface area (Å²) in [6.07, 6.45) is 4.10. The van der Waals surface area contributed by atoms with Crippen molar-refractivity contribution in [1.29, 1.82) is 0 Å². The fourth-order valence-electron chi connectivity index (χ4n) is 2.38. The Kier molecular flexibility index (Phi) is 4.92. The van der Waals surface area contributed by atoms with E-state index in [0.717, 1.165) is 18.8 Å². The number of nitrogens with zero attached hydrogens (tertiary/aromatic N) is 4. The SMILES string of the molecule is C=CCNc1nc(Nc2ccc(Cl)cc2)nc(N2CCCC2)n1. The molecule has 23 heavy (non-hydrogen) atoms. The third-order valence-corrected chi connectivity index (χ3v) is 3.77. The van der Waals surface area contributed by atoms with Crippen LogP contribution in [0.3, 0.4) is 0 Å². The Bertz CT molecular complexity index is 667. The zero-order valence-electron chi connectivity index (χ0n) is 12.8. The predicted octanol–water partition coefficient (Wildman–Crippen LogP) is 3.47. The minimum Gasteiger partial charge on any atom is -0.351 e. The molecule has 1 saturated heterocycles. The van der Waals surface area contributed by atoms with Gasteiger partial charge in [-0.15, -0.1) is 6.58 Å². The van der Waals surface area contributed by atoms with E-state index >= 15 is 0 Å². The normalized spacial score (nSPS) is 13.9. The Morgan fingerprint density at radius 1 is 1.09 bits per heavy atom. The number of hydrogen-bond donors (Lipinski definition) is 2. The monoisotopic (exact) mass is 330 g/mol. The third-order valence-electron chi connectivity index (χ3n) is 3.52. The Labute approximate surface area is 140 Å². The first-order valence-electron chi connectivity index (χ1n) is 7.63. The Morgan fingerprint density at radius 2 is 1.78 bits per heavy atom. The molecule has 2 heterocycles. The standard InChI is InChI=1S/C16H19ClN6/c1-2-9-18-14-20-15(19-13-7-5-12(17)6-8-13)22-16(21-14)23-10-3-4-11-23/h2,5-8H,1,3-4,9-11H2,(H2,18,19,20,21,22). The molecule has 1 aromatic carbocycles. The van der Waals surface area contributed by atoms with Crippen LogP contribution in [0.5, 0.6) is 0 Å². The molecule has 7 heteroatoms. The second-order valence-electron chi connectivity index (χ2n) is 5.28. The third kappa shape index (κ3) is 4.10. The number of rotatable bonds is 6. The van der Waals surface area contributed by atoms with Gasteiger partial charge in [-0.05, 0) is 37.1 Å². The lowest BCUT2D eigenvalue weighted by Crippen LogP contribution is -2.22. The van der Waals surface area contributed by atoms with Crippen molar-refractivity contribution >= 4 is 35.1 Å². The van der Waals surface area contributed by atoms with E-state index in [1.807, 2.05) is 24.3 Å². The van der Waals surface area contributed by atoms with Gasteiger partial charge in [-0.2, -0.15) is 15.0 Å². The van der Waals surface area contributed by atoms with Crippen LogP contribution in [0.1, 0.15) is 12.8 Å². The van der Waals surface area contributed by atoms with Crippen LogP contribution in [0.4, 0.5) is 23.5 Å². The summed E-state index contributed by atoms with van der Waals surface area (Å²) in [5.41, 5.74) is 0.877. The number of hydrogen-bond acceptors (Lipinski definition) is 6. The van der Waals surface area contributed by atoms with Crippen LogP contribution in [0.15, 0.2) is 36.9 Å². The molecule has 0 spiro atoms. The van der Waals surface area contributed by atoms with E-state index < -0.39 is 0 Å². The summed E-state index contributed by atoms with van der Waals surface area (Å²) >= 11 is 5.91. The van der Waals surface area contributed by atoms with Crippen molar-refractivity contribution < 1.29 is 0 Å². The van der Waals surface area contributed by atoms with Crippen LogP contribution in [0.25, 0.3) is 0 Å². The quantitative estimate of drug-likeness (QED) is 0.791. The molecule has 0 saturated carbocycles. The lowest BCUT2D eigenvalue weighted by Gasteiger charge is -2.17. The average Bonchev–Trinajstić information content (AvgIpc) is 3.09. The molecule has 1 aliphatic rings. The molecule has 0 aliphatic carbocycles. The number of nitrogens with one attached hydrogen (secondary N) is 2. The molecule has 0 atom stereocenters. The maximum atomic E-state index is 5.91. The zero-order chi connectivity index (χ0) is 16.1. The van der Waals surface area contributed by atoms with E-state index in [2.05, 4.69) is 37.1 Å². The summed E-state index contributed by atoms with van der Waals surface area (Å²) in [6, 6.07) is 7.42. The summed E-state index contributed by atoms with van der Waals surface area (Å²) in [4.78, 5) is 15.6. The highest BCUT2D eigenvalue weighted by molar-refractivity contribution is 6.30. The predicted molar refractivity (Wildman–Crippen MR) is 94.7 cm³/mol. The molecule has 0 radical (unpaired) electrons. The lowest BCUT2D eigenvalue weighted by atomic mass is 10.3. The van der Waals surface area contributed by atoms with Crippen molar-refractivity contribution in [3.05, 3.63) is 41.9 Å².